The molecule has 172 valence electrons. The summed E-state index contributed by atoms with van der Waals surface area (Å²) in [5.74, 6) is 3.17. The predicted molar refractivity (Wildman–Crippen MR) is 133 cm³/mol. The Hall–Kier alpha value is -4.06. The van der Waals surface area contributed by atoms with Gasteiger partial charge in [-0.15, -0.1) is 0 Å². The van der Waals surface area contributed by atoms with Crippen LogP contribution in [0.2, 0.25) is 0 Å². The van der Waals surface area contributed by atoms with E-state index in [0.717, 1.165) is 39.1 Å². The van der Waals surface area contributed by atoms with Gasteiger partial charge < -0.3 is 29.4 Å². The fraction of sp³-hybridized carbons (Fsp3) is 0.214. The Kier molecular flexibility index (Phi) is 4.36. The van der Waals surface area contributed by atoms with Gasteiger partial charge >= 0.3 is 0 Å². The first-order valence-electron chi connectivity index (χ1n) is 11.2. The van der Waals surface area contributed by atoms with E-state index in [2.05, 4.69) is 44.3 Å². The molecule has 0 saturated heterocycles. The number of allylic oxidation sites excluding steroid dienone is 1. The fourth-order valence-corrected chi connectivity index (χ4v) is 5.16. The van der Waals surface area contributed by atoms with Crippen molar-refractivity contribution in [2.24, 2.45) is 0 Å². The number of phenols is 1. The van der Waals surface area contributed by atoms with Crippen LogP contribution in [0, 0.1) is 0 Å². The maximum absolute atomic E-state index is 10.5. The number of hydrogen-bond donors (Lipinski definition) is 2. The summed E-state index contributed by atoms with van der Waals surface area (Å²) < 4.78 is 23.4. The van der Waals surface area contributed by atoms with Crippen LogP contribution in [0.1, 0.15) is 37.5 Å². The second kappa shape index (κ2) is 7.22. The number of hydrogen-bond acceptors (Lipinski definition) is 6. The highest BCUT2D eigenvalue weighted by Crippen LogP contribution is 2.54. The van der Waals surface area contributed by atoms with Crippen molar-refractivity contribution in [2.75, 3.05) is 19.2 Å². The number of nitrogens with one attached hydrogen (secondary N) is 1. The van der Waals surface area contributed by atoms with Gasteiger partial charge in [-0.1, -0.05) is 24.3 Å². The topological polar surface area (TPSA) is 69.2 Å². The van der Waals surface area contributed by atoms with Crippen molar-refractivity contribution in [1.29, 1.82) is 0 Å². The van der Waals surface area contributed by atoms with Crippen molar-refractivity contribution in [3.05, 3.63) is 65.2 Å². The first kappa shape index (κ1) is 20.5. The van der Waals surface area contributed by atoms with Gasteiger partial charge in [0.15, 0.2) is 23.0 Å². The van der Waals surface area contributed by atoms with Gasteiger partial charge in [0.25, 0.3) is 0 Å². The van der Waals surface area contributed by atoms with Gasteiger partial charge in [-0.3, -0.25) is 0 Å². The van der Waals surface area contributed by atoms with Crippen molar-refractivity contribution >= 4 is 23.1 Å². The Morgan fingerprint density at radius 2 is 1.85 bits per heavy atom. The van der Waals surface area contributed by atoms with Crippen molar-refractivity contribution in [1.82, 2.24) is 0 Å². The van der Waals surface area contributed by atoms with Crippen LogP contribution in [0.4, 0.5) is 5.69 Å². The third-order valence-electron chi connectivity index (χ3n) is 6.39. The Bertz CT molecular complexity index is 1420. The molecule has 0 radical (unpaired) electrons. The van der Waals surface area contributed by atoms with Crippen LogP contribution in [0.25, 0.3) is 28.5 Å². The second-order valence-electron chi connectivity index (χ2n) is 9.27. The Balaban J connectivity index is 1.66. The second-order valence-corrected chi connectivity index (χ2v) is 9.27. The van der Waals surface area contributed by atoms with Crippen LogP contribution >= 0.6 is 0 Å². The summed E-state index contributed by atoms with van der Waals surface area (Å²) in [5.41, 5.74) is 6.51. The first-order chi connectivity index (χ1) is 16.4. The number of phenolic OH excluding ortho intramolecular Hbond substituents is 1. The number of ether oxygens (including phenoxy) is 4. The number of methoxy groups -OCH3 is 1. The van der Waals surface area contributed by atoms with Crippen LogP contribution in [-0.4, -0.2) is 24.5 Å². The summed E-state index contributed by atoms with van der Waals surface area (Å²) in [6.07, 6.45) is 4.21. The molecule has 0 fully saturated rings. The van der Waals surface area contributed by atoms with E-state index < -0.39 is 0 Å². The number of aromatic hydroxyl groups is 1. The molecule has 3 heterocycles. The summed E-state index contributed by atoms with van der Waals surface area (Å²) in [7, 11) is 1.55. The van der Waals surface area contributed by atoms with E-state index in [9.17, 15) is 5.11 Å². The molecule has 2 N–H and O–H groups in total. The molecule has 0 atom stereocenters. The fourth-order valence-electron chi connectivity index (χ4n) is 5.16. The molecule has 34 heavy (non-hydrogen) atoms. The molecule has 3 aromatic carbocycles. The zero-order valence-corrected chi connectivity index (χ0v) is 19.5. The van der Waals surface area contributed by atoms with Crippen molar-refractivity contribution in [3.8, 4) is 39.9 Å². The summed E-state index contributed by atoms with van der Waals surface area (Å²) >= 11 is 0. The molecule has 3 aromatic rings. The first-order valence-corrected chi connectivity index (χ1v) is 11.2. The minimum atomic E-state index is -0.177. The van der Waals surface area contributed by atoms with Gasteiger partial charge in [-0.25, -0.2) is 0 Å². The summed E-state index contributed by atoms with van der Waals surface area (Å²) in [6.45, 7) is 6.61. The number of anilines is 1. The Morgan fingerprint density at radius 1 is 1.00 bits per heavy atom. The maximum atomic E-state index is 10.5. The number of benzene rings is 3. The molecule has 0 spiro atoms. The van der Waals surface area contributed by atoms with Gasteiger partial charge in [-0.05, 0) is 56.7 Å². The van der Waals surface area contributed by atoms with E-state index in [0.29, 0.717) is 28.8 Å². The minimum Gasteiger partial charge on any atom is -0.504 e. The van der Waals surface area contributed by atoms with Crippen molar-refractivity contribution in [2.45, 2.75) is 26.3 Å². The highest BCUT2D eigenvalue weighted by atomic mass is 16.7. The number of para-hydroxylation sites is 1. The molecule has 0 bridgehead atoms. The van der Waals surface area contributed by atoms with E-state index in [1.165, 1.54) is 0 Å². The van der Waals surface area contributed by atoms with E-state index in [-0.39, 0.29) is 18.1 Å². The molecule has 6 nitrogen and oxygen atoms in total. The van der Waals surface area contributed by atoms with Gasteiger partial charge in [0, 0.05) is 27.9 Å². The third-order valence-corrected chi connectivity index (χ3v) is 6.39. The van der Waals surface area contributed by atoms with E-state index >= 15 is 0 Å². The third kappa shape index (κ3) is 3.02. The van der Waals surface area contributed by atoms with Crippen molar-refractivity contribution in [3.63, 3.8) is 0 Å². The SMILES string of the molecule is COc1c(O)ccc2c1-c1ccc3c(c1/C(=C/c1cccc4c1OCO4)O2)C(C)=CC(C)(C)N3. The van der Waals surface area contributed by atoms with Crippen LogP contribution in [-0.2, 0) is 0 Å². The van der Waals surface area contributed by atoms with Crippen LogP contribution in [0.3, 0.4) is 0 Å². The zero-order chi connectivity index (χ0) is 23.6. The Labute approximate surface area is 198 Å². The standard InChI is InChI=1S/C28H25NO5/c1-15-13-28(2,3)29-18-9-8-17-24(23(15)18)22(12-16-6-5-7-21-26(16)33-14-32-21)34-20-11-10-19(30)27(31-4)25(17)20/h5-13,29-30H,14H2,1-4H3/b22-12-. The van der Waals surface area contributed by atoms with E-state index in [4.69, 9.17) is 18.9 Å². The monoisotopic (exact) mass is 455 g/mol. The van der Waals surface area contributed by atoms with Gasteiger partial charge in [0.2, 0.25) is 6.79 Å². The quantitative estimate of drug-likeness (QED) is 0.473. The normalized spacial score (nSPS) is 17.6. The molecule has 3 aliphatic rings. The number of fused-ring (bicyclic) bond motifs is 6. The largest absolute Gasteiger partial charge is 0.504 e. The molecule has 0 aliphatic carbocycles. The lowest BCUT2D eigenvalue weighted by atomic mass is 9.82. The van der Waals surface area contributed by atoms with Crippen molar-refractivity contribution < 1.29 is 24.1 Å². The lowest BCUT2D eigenvalue weighted by Crippen LogP contribution is -2.32. The van der Waals surface area contributed by atoms with Crippen LogP contribution in [0.5, 0.6) is 28.7 Å². The average Bonchev–Trinajstić information content (AvgIpc) is 3.28. The van der Waals surface area contributed by atoms with E-state index in [1.54, 1.807) is 19.2 Å². The maximum Gasteiger partial charge on any atom is 0.231 e. The summed E-state index contributed by atoms with van der Waals surface area (Å²) in [6, 6.07) is 13.3. The molecular weight excluding hydrogens is 430 g/mol. The van der Waals surface area contributed by atoms with Gasteiger partial charge in [0.05, 0.1) is 18.2 Å². The summed E-state index contributed by atoms with van der Waals surface area (Å²) in [4.78, 5) is 0. The van der Waals surface area contributed by atoms with Crippen LogP contribution < -0.4 is 24.3 Å². The minimum absolute atomic E-state index is 0.0684. The zero-order valence-electron chi connectivity index (χ0n) is 19.5. The van der Waals surface area contributed by atoms with Gasteiger partial charge in [0.1, 0.15) is 11.5 Å². The molecule has 0 aromatic heterocycles. The lowest BCUT2D eigenvalue weighted by Gasteiger charge is -2.35. The van der Waals surface area contributed by atoms with E-state index in [1.807, 2.05) is 24.3 Å². The Morgan fingerprint density at radius 3 is 2.68 bits per heavy atom. The highest BCUT2D eigenvalue weighted by molar-refractivity contribution is 6.02. The summed E-state index contributed by atoms with van der Waals surface area (Å²) in [5, 5.41) is 14.1. The van der Waals surface area contributed by atoms with Gasteiger partial charge in [-0.2, -0.15) is 0 Å². The molecule has 3 aliphatic heterocycles. The number of rotatable bonds is 2. The molecule has 0 unspecified atom stereocenters. The predicted octanol–water partition coefficient (Wildman–Crippen LogP) is 6.29. The highest BCUT2D eigenvalue weighted by Gasteiger charge is 2.33. The average molecular weight is 456 g/mol. The molecule has 6 heteroatoms. The smallest absolute Gasteiger partial charge is 0.231 e. The lowest BCUT2D eigenvalue weighted by molar-refractivity contribution is 0.173. The molecule has 6 rings (SSSR count). The molecule has 0 amide bonds. The van der Waals surface area contributed by atoms with Crippen LogP contribution in [0.15, 0.2) is 48.5 Å². The molecular formula is C28H25NO5. The molecule has 0 saturated carbocycles.